The van der Waals surface area contributed by atoms with Gasteiger partial charge in [0.05, 0.1) is 0 Å². The number of hydrogen-bond acceptors (Lipinski definition) is 6. The van der Waals surface area contributed by atoms with Crippen molar-refractivity contribution >= 4 is 32.6 Å². The van der Waals surface area contributed by atoms with Gasteiger partial charge in [-0.2, -0.15) is 0 Å². The molecule has 0 radical (unpaired) electrons. The van der Waals surface area contributed by atoms with Gasteiger partial charge in [0, 0.05) is 0 Å². The van der Waals surface area contributed by atoms with Crippen molar-refractivity contribution in [3.05, 3.63) is 21.3 Å². The van der Waals surface area contributed by atoms with Crippen LogP contribution in [-0.2, 0) is 10.9 Å². The average Bonchev–Trinajstić information content (AvgIpc) is 2.64. The summed E-state index contributed by atoms with van der Waals surface area (Å²) in [6, 6.07) is 3.34. The van der Waals surface area contributed by atoms with Crippen molar-refractivity contribution in [2.45, 2.75) is 6.92 Å². The number of halogens is 1. The van der Waals surface area contributed by atoms with Crippen LogP contribution in [-0.4, -0.2) is 26.2 Å². The van der Waals surface area contributed by atoms with E-state index < -0.39 is 32.6 Å². The van der Waals surface area contributed by atoms with Gasteiger partial charge in [0.15, 0.2) is 0 Å². The first kappa shape index (κ1) is 12.9. The topological polar surface area (TPSA) is 71.1 Å². The zero-order valence-electron chi connectivity index (χ0n) is 9.98. The van der Waals surface area contributed by atoms with Crippen LogP contribution in [0.25, 0.3) is 0 Å². The van der Waals surface area contributed by atoms with Crippen LogP contribution in [0.4, 0.5) is 0 Å². The zero-order chi connectivity index (χ0) is 13.3. The van der Waals surface area contributed by atoms with Gasteiger partial charge in [-0.05, 0) is 0 Å². The molecule has 7 heteroatoms. The zero-order valence-corrected chi connectivity index (χ0v) is 12.1. The Morgan fingerprint density at radius 2 is 2.00 bits per heavy atom. The number of rotatable bonds is 3. The molecule has 18 heavy (non-hydrogen) atoms. The fraction of sp³-hybridized carbons (Fsp3) is 0.273. The molecule has 0 atom stereocenters. The van der Waals surface area contributed by atoms with E-state index in [1.54, 1.807) is 12.1 Å². The second-order valence-corrected chi connectivity index (χ2v) is 6.59. The van der Waals surface area contributed by atoms with Crippen molar-refractivity contribution in [2.24, 2.45) is 0 Å². The molecular weight excluding hydrogens is 355 g/mol. The molecule has 0 fully saturated rings. The summed E-state index contributed by atoms with van der Waals surface area (Å²) < 4.78 is 21.1. The molecule has 1 heterocycles. The van der Waals surface area contributed by atoms with Crippen molar-refractivity contribution in [1.29, 1.82) is 0 Å². The van der Waals surface area contributed by atoms with Crippen molar-refractivity contribution in [1.82, 2.24) is 0 Å². The van der Waals surface area contributed by atoms with Crippen LogP contribution < -0.4 is 9.47 Å². The number of ether oxygens (including phenoxy) is 2. The maximum absolute atomic E-state index is 11.8. The van der Waals surface area contributed by atoms with Crippen LogP contribution >= 0.6 is 20.6 Å². The van der Waals surface area contributed by atoms with Gasteiger partial charge in [-0.3, -0.25) is 0 Å². The van der Waals surface area contributed by atoms with E-state index in [2.05, 4.69) is 0 Å². The minimum atomic E-state index is -2.69. The van der Waals surface area contributed by atoms with Crippen LogP contribution in [0, 0.1) is 3.57 Å². The number of fused-ring (bicyclic) bond motifs is 1. The molecule has 0 spiro atoms. The second kappa shape index (κ2) is 5.01. The summed E-state index contributed by atoms with van der Waals surface area (Å²) >= 11 is -2.69. The first-order valence-electron chi connectivity index (χ1n) is 4.95. The molecule has 1 aliphatic rings. The molecule has 6 nitrogen and oxygen atoms in total. The average molecular weight is 366 g/mol. The molecule has 0 saturated heterocycles. The Labute approximate surface area is 112 Å². The summed E-state index contributed by atoms with van der Waals surface area (Å²) in [7, 11) is 2.92. The molecule has 2 rings (SSSR count). The predicted octanol–water partition coefficient (Wildman–Crippen LogP) is 1.94. The number of methoxy groups -OCH3 is 2. The van der Waals surface area contributed by atoms with Crippen LogP contribution in [0.1, 0.15) is 17.3 Å². The summed E-state index contributed by atoms with van der Waals surface area (Å²) in [5.41, 5.74) is 0.295. The molecule has 1 aliphatic heterocycles. The number of carbonyl (C=O) groups excluding carboxylic acids is 2. The summed E-state index contributed by atoms with van der Waals surface area (Å²) in [4.78, 5) is 22.8. The van der Waals surface area contributed by atoms with Gasteiger partial charge in [-0.15, -0.1) is 0 Å². The standard InChI is InChI=1S/C11H11IO6/c1-6(13)17-12-7-4-5-8(15-2)10(16-3)9(7)11(14)18-12/h4-5H,1-3H3. The van der Waals surface area contributed by atoms with Gasteiger partial charge < -0.3 is 0 Å². The van der Waals surface area contributed by atoms with Crippen molar-refractivity contribution in [3.8, 4) is 11.5 Å². The van der Waals surface area contributed by atoms with Crippen LogP contribution in [0.5, 0.6) is 11.5 Å². The van der Waals surface area contributed by atoms with E-state index >= 15 is 0 Å². The molecule has 0 N–H and O–H groups in total. The van der Waals surface area contributed by atoms with E-state index in [9.17, 15) is 9.59 Å². The Hall–Kier alpha value is -1.51. The molecule has 1 aromatic rings. The Bertz CT molecular complexity index is 513. The molecular formula is C11H11IO6. The normalized spacial score (nSPS) is 14.8. The Morgan fingerprint density at radius 1 is 1.28 bits per heavy atom. The van der Waals surface area contributed by atoms with Gasteiger partial charge in [0.25, 0.3) is 0 Å². The van der Waals surface area contributed by atoms with E-state index in [0.717, 1.165) is 0 Å². The van der Waals surface area contributed by atoms with E-state index in [1.807, 2.05) is 0 Å². The third-order valence-electron chi connectivity index (χ3n) is 2.18. The van der Waals surface area contributed by atoms with Gasteiger partial charge >= 0.3 is 112 Å². The molecule has 0 unspecified atom stereocenters. The number of benzene rings is 1. The van der Waals surface area contributed by atoms with Crippen LogP contribution in [0.2, 0.25) is 0 Å². The molecule has 0 bridgehead atoms. The summed E-state index contributed by atoms with van der Waals surface area (Å²) in [6.07, 6.45) is 0. The third-order valence-corrected chi connectivity index (χ3v) is 5.85. The van der Waals surface area contributed by atoms with Crippen molar-refractivity contribution in [2.75, 3.05) is 14.2 Å². The molecule has 0 saturated carbocycles. The SMILES string of the molecule is COc1ccc2c(c1OC)C(=O)OI2OC(C)=O. The van der Waals surface area contributed by atoms with Crippen LogP contribution in [0.3, 0.4) is 0 Å². The Morgan fingerprint density at radius 3 is 2.56 bits per heavy atom. The fourth-order valence-corrected chi connectivity index (χ4v) is 4.61. The van der Waals surface area contributed by atoms with Gasteiger partial charge in [-0.25, -0.2) is 0 Å². The van der Waals surface area contributed by atoms with Crippen LogP contribution in [0.15, 0.2) is 12.1 Å². The molecule has 0 aliphatic carbocycles. The van der Waals surface area contributed by atoms with E-state index in [4.69, 9.17) is 15.6 Å². The number of hydrogen-bond donors (Lipinski definition) is 0. The fourth-order valence-electron chi connectivity index (χ4n) is 1.52. The summed E-state index contributed by atoms with van der Waals surface area (Å²) in [5, 5.41) is 0. The van der Waals surface area contributed by atoms with Gasteiger partial charge in [0.2, 0.25) is 0 Å². The monoisotopic (exact) mass is 366 g/mol. The third kappa shape index (κ3) is 2.09. The van der Waals surface area contributed by atoms with Gasteiger partial charge in [0.1, 0.15) is 0 Å². The second-order valence-electron chi connectivity index (χ2n) is 3.31. The Kier molecular flexibility index (Phi) is 3.60. The summed E-state index contributed by atoms with van der Waals surface area (Å²) in [5.74, 6) is -0.247. The maximum atomic E-state index is 11.8. The quantitative estimate of drug-likeness (QED) is 0.762. The minimum absolute atomic E-state index is 0.295. The van der Waals surface area contributed by atoms with E-state index in [0.29, 0.717) is 20.6 Å². The first-order valence-corrected chi connectivity index (χ1v) is 7.79. The molecule has 1 aromatic carbocycles. The van der Waals surface area contributed by atoms with Crippen molar-refractivity contribution < 1.29 is 25.2 Å². The van der Waals surface area contributed by atoms with E-state index in [-0.39, 0.29) is 0 Å². The first-order chi connectivity index (χ1) is 8.58. The predicted molar refractivity (Wildman–Crippen MR) is 69.4 cm³/mol. The molecule has 0 aromatic heterocycles. The number of carbonyl (C=O) groups is 2. The summed E-state index contributed by atoms with van der Waals surface area (Å²) in [6.45, 7) is 1.28. The van der Waals surface area contributed by atoms with Gasteiger partial charge in [-0.1, -0.05) is 0 Å². The van der Waals surface area contributed by atoms with Crippen molar-refractivity contribution in [3.63, 3.8) is 0 Å². The Balaban J connectivity index is 2.50. The van der Waals surface area contributed by atoms with E-state index in [1.165, 1.54) is 21.1 Å². The molecule has 0 amide bonds. The molecule has 98 valence electrons.